The lowest BCUT2D eigenvalue weighted by Gasteiger charge is -2.19. The zero-order valence-corrected chi connectivity index (χ0v) is 10.7. The Morgan fingerprint density at radius 1 is 1.53 bits per heavy atom. The van der Waals surface area contributed by atoms with Gasteiger partial charge in [-0.05, 0) is 13.0 Å². The predicted molar refractivity (Wildman–Crippen MR) is 71.0 cm³/mol. The molecule has 0 spiro atoms. The molecule has 0 bridgehead atoms. The van der Waals surface area contributed by atoms with Crippen molar-refractivity contribution in [3.05, 3.63) is 29.8 Å². The third-order valence-corrected chi connectivity index (χ3v) is 2.40. The Bertz CT molecular complexity index is 421. The van der Waals surface area contributed by atoms with Gasteiger partial charge in [0.2, 0.25) is 5.91 Å². The number of ether oxygens (including phenoxy) is 1. The van der Waals surface area contributed by atoms with Crippen LogP contribution in [0.1, 0.15) is 25.5 Å². The Morgan fingerprint density at radius 2 is 2.18 bits per heavy atom. The molecular weight excluding hydrogens is 236 g/mol. The first-order chi connectivity index (χ1) is 8.06. The van der Waals surface area contributed by atoms with Gasteiger partial charge in [-0.2, -0.15) is 0 Å². The van der Waals surface area contributed by atoms with Crippen LogP contribution in [0.15, 0.2) is 24.3 Å². The van der Waals surface area contributed by atoms with Crippen LogP contribution in [0.2, 0.25) is 0 Å². The summed E-state index contributed by atoms with van der Waals surface area (Å²) in [5, 5.41) is 2.71. The van der Waals surface area contributed by atoms with E-state index in [0.29, 0.717) is 12.4 Å². The number of carbonyl (C=O) groups is 1. The molecular formula is C12H16N2O2S. The van der Waals surface area contributed by atoms with E-state index in [2.05, 4.69) is 5.32 Å². The van der Waals surface area contributed by atoms with Gasteiger partial charge in [0.05, 0.1) is 6.61 Å². The highest BCUT2D eigenvalue weighted by Gasteiger charge is 2.19. The molecule has 92 valence electrons. The van der Waals surface area contributed by atoms with Crippen LogP contribution in [-0.2, 0) is 4.79 Å². The highest BCUT2D eigenvalue weighted by Crippen LogP contribution is 2.25. The molecule has 1 amide bonds. The topological polar surface area (TPSA) is 64.3 Å². The van der Waals surface area contributed by atoms with Crippen LogP contribution >= 0.6 is 12.2 Å². The zero-order valence-electron chi connectivity index (χ0n) is 9.90. The molecule has 0 heterocycles. The van der Waals surface area contributed by atoms with Gasteiger partial charge >= 0.3 is 0 Å². The lowest BCUT2D eigenvalue weighted by atomic mass is 10.1. The van der Waals surface area contributed by atoms with E-state index in [1.54, 1.807) is 0 Å². The SMILES string of the molecule is CCOc1ccccc1C(NC(C)=O)C(N)=S. The van der Waals surface area contributed by atoms with E-state index in [-0.39, 0.29) is 10.9 Å². The predicted octanol–water partition coefficient (Wildman–Crippen LogP) is 1.55. The van der Waals surface area contributed by atoms with Gasteiger partial charge in [0.1, 0.15) is 16.8 Å². The number of para-hydroxylation sites is 1. The van der Waals surface area contributed by atoms with Crippen molar-refractivity contribution in [1.82, 2.24) is 5.32 Å². The number of nitrogens with one attached hydrogen (secondary N) is 1. The fourth-order valence-electron chi connectivity index (χ4n) is 1.51. The first kappa shape index (κ1) is 13.4. The van der Waals surface area contributed by atoms with Gasteiger partial charge < -0.3 is 15.8 Å². The van der Waals surface area contributed by atoms with E-state index in [9.17, 15) is 4.79 Å². The summed E-state index contributed by atoms with van der Waals surface area (Å²) in [4.78, 5) is 11.3. The average molecular weight is 252 g/mol. The number of nitrogens with two attached hydrogens (primary N) is 1. The molecule has 1 unspecified atom stereocenters. The fourth-order valence-corrected chi connectivity index (χ4v) is 1.70. The van der Waals surface area contributed by atoms with Crippen LogP contribution in [0.5, 0.6) is 5.75 Å². The molecule has 0 aliphatic heterocycles. The number of hydrogen-bond acceptors (Lipinski definition) is 3. The Labute approximate surface area is 106 Å². The van der Waals surface area contributed by atoms with Gasteiger partial charge in [-0.1, -0.05) is 30.4 Å². The molecule has 1 aromatic carbocycles. The van der Waals surface area contributed by atoms with Crippen molar-refractivity contribution in [3.8, 4) is 5.75 Å². The Balaban J connectivity index is 3.08. The van der Waals surface area contributed by atoms with Crippen molar-refractivity contribution in [2.24, 2.45) is 5.73 Å². The summed E-state index contributed by atoms with van der Waals surface area (Å²) in [5.74, 6) is 0.496. The summed E-state index contributed by atoms with van der Waals surface area (Å²) in [6.45, 7) is 3.86. The highest BCUT2D eigenvalue weighted by atomic mass is 32.1. The monoisotopic (exact) mass is 252 g/mol. The molecule has 0 aliphatic rings. The van der Waals surface area contributed by atoms with Crippen LogP contribution < -0.4 is 15.8 Å². The normalized spacial score (nSPS) is 11.6. The molecule has 0 fully saturated rings. The van der Waals surface area contributed by atoms with E-state index in [4.69, 9.17) is 22.7 Å². The number of thiocarbonyl (C=S) groups is 1. The van der Waals surface area contributed by atoms with Gasteiger partial charge in [0.25, 0.3) is 0 Å². The van der Waals surface area contributed by atoms with Crippen LogP contribution in [-0.4, -0.2) is 17.5 Å². The van der Waals surface area contributed by atoms with Crippen molar-refractivity contribution in [1.29, 1.82) is 0 Å². The summed E-state index contributed by atoms with van der Waals surface area (Å²) >= 11 is 4.97. The second-order valence-electron chi connectivity index (χ2n) is 3.51. The van der Waals surface area contributed by atoms with Gasteiger partial charge in [-0.3, -0.25) is 4.79 Å². The van der Waals surface area contributed by atoms with Crippen LogP contribution in [0, 0.1) is 0 Å². The van der Waals surface area contributed by atoms with E-state index >= 15 is 0 Å². The van der Waals surface area contributed by atoms with E-state index in [1.807, 2.05) is 31.2 Å². The van der Waals surface area contributed by atoms with E-state index < -0.39 is 6.04 Å². The summed E-state index contributed by atoms with van der Waals surface area (Å²) in [5.41, 5.74) is 6.42. The van der Waals surface area contributed by atoms with Crippen LogP contribution in [0.3, 0.4) is 0 Å². The largest absolute Gasteiger partial charge is 0.494 e. The summed E-state index contributed by atoms with van der Waals surface area (Å²) in [6.07, 6.45) is 0. The van der Waals surface area contributed by atoms with Gasteiger partial charge in [-0.15, -0.1) is 0 Å². The average Bonchev–Trinajstić information content (AvgIpc) is 2.27. The fraction of sp³-hybridized carbons (Fsp3) is 0.333. The zero-order chi connectivity index (χ0) is 12.8. The van der Waals surface area contributed by atoms with Crippen LogP contribution in [0.25, 0.3) is 0 Å². The number of rotatable bonds is 5. The van der Waals surface area contributed by atoms with Gasteiger partial charge in [0, 0.05) is 12.5 Å². The Kier molecular flexibility index (Phi) is 4.90. The van der Waals surface area contributed by atoms with Gasteiger partial charge in [0.15, 0.2) is 0 Å². The molecule has 0 saturated heterocycles. The van der Waals surface area contributed by atoms with Crippen molar-refractivity contribution >= 4 is 23.1 Å². The molecule has 1 atom stereocenters. The van der Waals surface area contributed by atoms with E-state index in [0.717, 1.165) is 5.56 Å². The van der Waals surface area contributed by atoms with Gasteiger partial charge in [-0.25, -0.2) is 0 Å². The quantitative estimate of drug-likeness (QED) is 0.780. The minimum Gasteiger partial charge on any atom is -0.494 e. The first-order valence-electron chi connectivity index (χ1n) is 5.34. The second kappa shape index (κ2) is 6.20. The lowest BCUT2D eigenvalue weighted by molar-refractivity contribution is -0.119. The summed E-state index contributed by atoms with van der Waals surface area (Å²) in [7, 11) is 0. The molecule has 1 rings (SSSR count). The molecule has 0 aliphatic carbocycles. The number of hydrogen-bond donors (Lipinski definition) is 2. The third-order valence-electron chi connectivity index (χ3n) is 2.16. The molecule has 1 aromatic rings. The molecule has 5 heteroatoms. The minimum atomic E-state index is -0.495. The lowest BCUT2D eigenvalue weighted by Crippen LogP contribution is -2.35. The van der Waals surface area contributed by atoms with E-state index in [1.165, 1.54) is 6.92 Å². The Hall–Kier alpha value is -1.62. The van der Waals surface area contributed by atoms with Crippen molar-refractivity contribution in [2.75, 3.05) is 6.61 Å². The van der Waals surface area contributed by atoms with Crippen molar-refractivity contribution < 1.29 is 9.53 Å². The standard InChI is InChI=1S/C12H16N2O2S/c1-3-16-10-7-5-4-6-9(10)11(12(13)17)14-8(2)15/h4-7,11H,3H2,1-2H3,(H2,13,17)(H,14,15). The molecule has 0 radical (unpaired) electrons. The smallest absolute Gasteiger partial charge is 0.217 e. The van der Waals surface area contributed by atoms with Crippen molar-refractivity contribution in [3.63, 3.8) is 0 Å². The summed E-state index contributed by atoms with van der Waals surface area (Å²) in [6, 6.07) is 6.88. The number of carbonyl (C=O) groups excluding carboxylic acids is 1. The van der Waals surface area contributed by atoms with Crippen molar-refractivity contribution in [2.45, 2.75) is 19.9 Å². The summed E-state index contributed by atoms with van der Waals surface area (Å²) < 4.78 is 5.48. The minimum absolute atomic E-state index is 0.186. The molecule has 4 nitrogen and oxygen atoms in total. The molecule has 3 N–H and O–H groups in total. The highest BCUT2D eigenvalue weighted by molar-refractivity contribution is 7.80. The molecule has 0 saturated carbocycles. The first-order valence-corrected chi connectivity index (χ1v) is 5.75. The number of amides is 1. The Morgan fingerprint density at radius 3 is 2.71 bits per heavy atom. The molecule has 17 heavy (non-hydrogen) atoms. The second-order valence-corrected chi connectivity index (χ2v) is 3.98. The number of benzene rings is 1. The van der Waals surface area contributed by atoms with Crippen LogP contribution in [0.4, 0.5) is 0 Å². The maximum atomic E-state index is 11.1. The molecule has 0 aromatic heterocycles. The third kappa shape index (κ3) is 3.71. The maximum Gasteiger partial charge on any atom is 0.217 e. The maximum absolute atomic E-state index is 11.1.